The third-order valence-corrected chi connectivity index (χ3v) is 6.40. The molecule has 35 heavy (non-hydrogen) atoms. The van der Waals surface area contributed by atoms with Gasteiger partial charge in [0, 0.05) is 23.5 Å². The molecule has 1 atom stereocenters. The average molecular weight is 490 g/mol. The first kappa shape index (κ1) is 24.3. The lowest BCUT2D eigenvalue weighted by Crippen LogP contribution is -2.28. The van der Waals surface area contributed by atoms with E-state index in [1.54, 1.807) is 26.6 Å². The van der Waals surface area contributed by atoms with Crippen LogP contribution in [0.25, 0.3) is 11.4 Å². The lowest BCUT2D eigenvalue weighted by Gasteiger charge is -2.18. The number of thioether (sulfide) groups is 1. The summed E-state index contributed by atoms with van der Waals surface area (Å²) < 4.78 is 12.8. The number of ether oxygens (including phenoxy) is 2. The zero-order valence-corrected chi connectivity index (χ0v) is 20.7. The second-order valence-corrected chi connectivity index (χ2v) is 8.75. The molecule has 180 valence electrons. The van der Waals surface area contributed by atoms with Crippen LogP contribution in [0.4, 0.5) is 0 Å². The van der Waals surface area contributed by atoms with E-state index in [0.717, 1.165) is 16.7 Å². The Morgan fingerprint density at radius 3 is 2.60 bits per heavy atom. The van der Waals surface area contributed by atoms with Crippen molar-refractivity contribution in [2.24, 2.45) is 0 Å². The first-order chi connectivity index (χ1) is 17.1. The topological polar surface area (TPSA) is 91.2 Å². The van der Waals surface area contributed by atoms with Crippen LogP contribution >= 0.6 is 11.8 Å². The molecular weight excluding hydrogens is 462 g/mol. The first-order valence-electron chi connectivity index (χ1n) is 11.1. The van der Waals surface area contributed by atoms with E-state index in [1.807, 2.05) is 60.0 Å². The molecule has 0 bridgehead atoms. The molecule has 2 heterocycles. The van der Waals surface area contributed by atoms with Crippen molar-refractivity contribution < 1.29 is 14.3 Å². The summed E-state index contributed by atoms with van der Waals surface area (Å²) >= 11 is 1.35. The average Bonchev–Trinajstić information content (AvgIpc) is 3.30. The van der Waals surface area contributed by atoms with E-state index in [9.17, 15) is 4.79 Å². The summed E-state index contributed by atoms with van der Waals surface area (Å²) in [6, 6.07) is 19.2. The summed E-state index contributed by atoms with van der Waals surface area (Å²) in [5, 5.41) is 12.5. The van der Waals surface area contributed by atoms with Gasteiger partial charge in [-0.1, -0.05) is 42.1 Å². The second kappa shape index (κ2) is 11.5. The molecule has 0 saturated carbocycles. The van der Waals surface area contributed by atoms with Crippen LogP contribution in [-0.4, -0.2) is 45.6 Å². The smallest absolute Gasteiger partial charge is 0.230 e. The van der Waals surface area contributed by atoms with Crippen LogP contribution in [0, 0.1) is 0 Å². The summed E-state index contributed by atoms with van der Waals surface area (Å²) in [6.45, 7) is 2.50. The summed E-state index contributed by atoms with van der Waals surface area (Å²) in [4.78, 5) is 17.0. The summed E-state index contributed by atoms with van der Waals surface area (Å²) in [5.74, 6) is 2.17. The molecule has 9 heteroatoms. The van der Waals surface area contributed by atoms with Gasteiger partial charge in [-0.25, -0.2) is 0 Å². The van der Waals surface area contributed by atoms with Crippen LogP contribution in [-0.2, 0) is 11.3 Å². The predicted molar refractivity (Wildman–Crippen MR) is 136 cm³/mol. The Labute approximate surface area is 208 Å². The number of methoxy groups -OCH3 is 2. The van der Waals surface area contributed by atoms with Gasteiger partial charge in [-0.3, -0.25) is 14.3 Å². The zero-order chi connectivity index (χ0) is 24.6. The maximum absolute atomic E-state index is 12.8. The molecule has 4 rings (SSSR count). The van der Waals surface area contributed by atoms with Crippen molar-refractivity contribution in [2.75, 3.05) is 20.0 Å². The highest BCUT2D eigenvalue weighted by atomic mass is 32.2. The van der Waals surface area contributed by atoms with Gasteiger partial charge in [0.1, 0.15) is 11.5 Å². The van der Waals surface area contributed by atoms with E-state index in [1.165, 1.54) is 11.8 Å². The Hall–Kier alpha value is -3.85. The highest BCUT2D eigenvalue weighted by Gasteiger charge is 2.19. The maximum atomic E-state index is 12.8. The minimum absolute atomic E-state index is 0.121. The van der Waals surface area contributed by atoms with E-state index < -0.39 is 0 Å². The SMILES string of the molecule is COc1ccc(OC)c(C(C)NC(=O)CSc2nnc(-c3cccnc3)n2Cc2ccccc2)c1. The number of amides is 1. The lowest BCUT2D eigenvalue weighted by atomic mass is 10.1. The normalized spacial score (nSPS) is 11.6. The van der Waals surface area contributed by atoms with Crippen molar-refractivity contribution in [2.45, 2.75) is 24.7 Å². The number of aromatic nitrogens is 4. The quantitative estimate of drug-likeness (QED) is 0.331. The van der Waals surface area contributed by atoms with Crippen molar-refractivity contribution >= 4 is 17.7 Å². The van der Waals surface area contributed by atoms with Crippen molar-refractivity contribution in [3.05, 3.63) is 84.2 Å². The fourth-order valence-electron chi connectivity index (χ4n) is 3.68. The van der Waals surface area contributed by atoms with Crippen LogP contribution in [0.5, 0.6) is 11.5 Å². The molecule has 2 aromatic carbocycles. The van der Waals surface area contributed by atoms with Gasteiger partial charge in [0.25, 0.3) is 0 Å². The number of nitrogens with zero attached hydrogens (tertiary/aromatic N) is 4. The first-order valence-corrected chi connectivity index (χ1v) is 12.1. The van der Waals surface area contributed by atoms with Gasteiger partial charge >= 0.3 is 0 Å². The van der Waals surface area contributed by atoms with Gasteiger partial charge in [0.2, 0.25) is 5.91 Å². The molecular formula is C26H27N5O3S. The Morgan fingerprint density at radius 2 is 1.89 bits per heavy atom. The molecule has 1 amide bonds. The van der Waals surface area contributed by atoms with Crippen LogP contribution in [0.1, 0.15) is 24.1 Å². The number of carbonyl (C=O) groups excluding carboxylic acids is 1. The van der Waals surface area contributed by atoms with Gasteiger partial charge in [-0.15, -0.1) is 10.2 Å². The molecule has 0 radical (unpaired) electrons. The predicted octanol–water partition coefficient (Wildman–Crippen LogP) is 4.38. The molecule has 0 aliphatic heterocycles. The molecule has 8 nitrogen and oxygen atoms in total. The number of rotatable bonds is 10. The maximum Gasteiger partial charge on any atom is 0.230 e. The molecule has 0 fully saturated rings. The minimum Gasteiger partial charge on any atom is -0.497 e. The van der Waals surface area contributed by atoms with Crippen LogP contribution in [0.3, 0.4) is 0 Å². The van der Waals surface area contributed by atoms with Crippen molar-refractivity contribution in [3.63, 3.8) is 0 Å². The standard InChI is InChI=1S/C26H27N5O3S/c1-18(22-14-21(33-2)11-12-23(22)34-3)28-24(32)17-35-26-30-29-25(20-10-7-13-27-15-20)31(26)16-19-8-5-4-6-9-19/h4-15,18H,16-17H2,1-3H3,(H,28,32). The van der Waals surface area contributed by atoms with Crippen LogP contribution < -0.4 is 14.8 Å². The van der Waals surface area contributed by atoms with E-state index in [0.29, 0.717) is 29.0 Å². The third-order valence-electron chi connectivity index (χ3n) is 5.43. The molecule has 0 aliphatic rings. The van der Waals surface area contributed by atoms with Crippen molar-refractivity contribution in [1.82, 2.24) is 25.1 Å². The number of hydrogen-bond acceptors (Lipinski definition) is 7. The highest BCUT2D eigenvalue weighted by molar-refractivity contribution is 7.99. The molecule has 0 spiro atoms. The van der Waals surface area contributed by atoms with E-state index in [4.69, 9.17) is 9.47 Å². The van der Waals surface area contributed by atoms with Gasteiger partial charge in [0.05, 0.1) is 32.6 Å². The minimum atomic E-state index is -0.263. The lowest BCUT2D eigenvalue weighted by molar-refractivity contribution is -0.119. The van der Waals surface area contributed by atoms with Gasteiger partial charge in [-0.2, -0.15) is 0 Å². The number of pyridine rings is 1. The Morgan fingerprint density at radius 1 is 1.06 bits per heavy atom. The van der Waals surface area contributed by atoms with Gasteiger partial charge in [0.15, 0.2) is 11.0 Å². The van der Waals surface area contributed by atoms with E-state index in [-0.39, 0.29) is 17.7 Å². The Kier molecular flexibility index (Phi) is 7.99. The number of carbonyl (C=O) groups is 1. The number of benzene rings is 2. The van der Waals surface area contributed by atoms with Gasteiger partial charge < -0.3 is 14.8 Å². The highest BCUT2D eigenvalue weighted by Crippen LogP contribution is 2.30. The molecule has 1 N–H and O–H groups in total. The van der Waals surface area contributed by atoms with Crippen LogP contribution in [0.15, 0.2) is 78.2 Å². The second-order valence-electron chi connectivity index (χ2n) is 7.81. The summed E-state index contributed by atoms with van der Waals surface area (Å²) in [5.41, 5.74) is 2.82. The molecule has 0 aliphatic carbocycles. The van der Waals surface area contributed by atoms with Gasteiger partial charge in [-0.05, 0) is 42.8 Å². The molecule has 1 unspecified atom stereocenters. The largest absolute Gasteiger partial charge is 0.497 e. The zero-order valence-electron chi connectivity index (χ0n) is 19.8. The molecule has 2 aromatic heterocycles. The Balaban J connectivity index is 1.49. The summed E-state index contributed by atoms with van der Waals surface area (Å²) in [6.07, 6.45) is 3.48. The Bertz CT molecular complexity index is 1260. The van der Waals surface area contributed by atoms with E-state index in [2.05, 4.69) is 32.6 Å². The third kappa shape index (κ3) is 5.99. The van der Waals surface area contributed by atoms with Crippen molar-refractivity contribution in [3.8, 4) is 22.9 Å². The fraction of sp³-hybridized carbons (Fsp3) is 0.231. The molecule has 0 saturated heterocycles. The van der Waals surface area contributed by atoms with E-state index >= 15 is 0 Å². The number of nitrogens with one attached hydrogen (secondary N) is 1. The fourth-order valence-corrected chi connectivity index (χ4v) is 4.43. The van der Waals surface area contributed by atoms with Crippen LogP contribution in [0.2, 0.25) is 0 Å². The molecule has 4 aromatic rings. The number of hydrogen-bond donors (Lipinski definition) is 1. The van der Waals surface area contributed by atoms with Crippen molar-refractivity contribution in [1.29, 1.82) is 0 Å². The monoisotopic (exact) mass is 489 g/mol. The summed E-state index contributed by atoms with van der Waals surface area (Å²) in [7, 11) is 3.21.